The van der Waals surface area contributed by atoms with Crippen LogP contribution in [0.25, 0.3) is 0 Å². The van der Waals surface area contributed by atoms with E-state index >= 15 is 0 Å². The number of benzene rings is 2. The Balaban J connectivity index is 1.62. The molecule has 1 fully saturated rings. The second-order valence-electron chi connectivity index (χ2n) is 7.24. The Morgan fingerprint density at radius 2 is 1.92 bits per heavy atom. The van der Waals surface area contributed by atoms with Crippen molar-refractivity contribution in [1.29, 1.82) is 0 Å². The first-order chi connectivity index (χ1) is 12.5. The molecule has 2 N–H and O–H groups in total. The van der Waals surface area contributed by atoms with Crippen LogP contribution in [0.1, 0.15) is 24.0 Å². The predicted octanol–water partition coefficient (Wildman–Crippen LogP) is 2.37. The number of hydrogen-bond donors (Lipinski definition) is 1. The van der Waals surface area contributed by atoms with Crippen molar-refractivity contribution in [1.82, 2.24) is 4.31 Å². The Labute approximate surface area is 154 Å². The van der Waals surface area contributed by atoms with E-state index in [2.05, 4.69) is 12.1 Å². The molecule has 138 valence electrons. The summed E-state index contributed by atoms with van der Waals surface area (Å²) in [7, 11) is -3.54. The van der Waals surface area contributed by atoms with E-state index in [1.54, 1.807) is 22.5 Å². The highest BCUT2D eigenvalue weighted by molar-refractivity contribution is 7.89. The van der Waals surface area contributed by atoms with Crippen LogP contribution >= 0.6 is 0 Å². The zero-order valence-corrected chi connectivity index (χ0v) is 15.7. The number of nitrogens with zero attached hydrogens (tertiary/aromatic N) is 1. The molecule has 5 nitrogen and oxygen atoms in total. The van der Waals surface area contributed by atoms with Crippen molar-refractivity contribution in [2.45, 2.75) is 30.3 Å². The van der Waals surface area contributed by atoms with Gasteiger partial charge in [-0.25, -0.2) is 8.42 Å². The summed E-state index contributed by atoms with van der Waals surface area (Å²) in [5.41, 5.74) is 8.07. The minimum atomic E-state index is -3.54. The van der Waals surface area contributed by atoms with Gasteiger partial charge >= 0.3 is 0 Å². The monoisotopic (exact) mass is 372 g/mol. The summed E-state index contributed by atoms with van der Waals surface area (Å²) < 4.78 is 33.7. The maximum atomic E-state index is 13.2. The van der Waals surface area contributed by atoms with Gasteiger partial charge in [-0.2, -0.15) is 4.31 Å². The van der Waals surface area contributed by atoms with Gasteiger partial charge in [-0.1, -0.05) is 30.3 Å². The first-order valence-electron chi connectivity index (χ1n) is 9.04. The minimum Gasteiger partial charge on any atom is -0.490 e. The third-order valence-corrected chi connectivity index (χ3v) is 7.27. The number of fused-ring (bicyclic) bond motifs is 1. The topological polar surface area (TPSA) is 72.6 Å². The number of sulfonamides is 1. The molecule has 4 rings (SSSR count). The highest BCUT2D eigenvalue weighted by Crippen LogP contribution is 2.37. The van der Waals surface area contributed by atoms with E-state index in [9.17, 15) is 8.42 Å². The lowest BCUT2D eigenvalue weighted by atomic mass is 9.89. The van der Waals surface area contributed by atoms with Crippen LogP contribution in [0.4, 0.5) is 0 Å². The lowest BCUT2D eigenvalue weighted by molar-refractivity contribution is 0.254. The summed E-state index contributed by atoms with van der Waals surface area (Å²) in [5.74, 6) is 1.05. The zero-order valence-electron chi connectivity index (χ0n) is 14.8. The van der Waals surface area contributed by atoms with E-state index in [4.69, 9.17) is 10.5 Å². The second-order valence-corrected chi connectivity index (χ2v) is 9.18. The molecule has 6 heteroatoms. The highest BCUT2D eigenvalue weighted by atomic mass is 32.2. The van der Waals surface area contributed by atoms with Crippen molar-refractivity contribution in [3.63, 3.8) is 0 Å². The van der Waals surface area contributed by atoms with Gasteiger partial charge in [0.25, 0.3) is 0 Å². The van der Waals surface area contributed by atoms with Crippen LogP contribution in [-0.2, 0) is 16.4 Å². The lowest BCUT2D eigenvalue weighted by Crippen LogP contribution is -2.30. The summed E-state index contributed by atoms with van der Waals surface area (Å²) in [4.78, 5) is 0.346. The molecule has 0 bridgehead atoms. The average Bonchev–Trinajstić information content (AvgIpc) is 3.24. The Hall–Kier alpha value is -1.89. The summed E-state index contributed by atoms with van der Waals surface area (Å²) in [6.45, 7) is 3.40. The first kappa shape index (κ1) is 17.5. The molecule has 0 aromatic heterocycles. The Kier molecular flexibility index (Phi) is 4.50. The summed E-state index contributed by atoms with van der Waals surface area (Å²) in [6, 6.07) is 15.2. The van der Waals surface area contributed by atoms with Crippen molar-refractivity contribution in [2.75, 3.05) is 19.6 Å². The number of rotatable bonds is 4. The predicted molar refractivity (Wildman–Crippen MR) is 101 cm³/mol. The second kappa shape index (κ2) is 6.68. The van der Waals surface area contributed by atoms with Crippen LogP contribution in [0.15, 0.2) is 53.4 Å². The molecule has 1 unspecified atom stereocenters. The number of nitrogens with two attached hydrogens (primary N) is 1. The molecule has 2 heterocycles. The molecule has 0 spiro atoms. The maximum absolute atomic E-state index is 13.2. The fourth-order valence-electron chi connectivity index (χ4n) is 4.05. The molecular weight excluding hydrogens is 348 g/mol. The summed E-state index contributed by atoms with van der Waals surface area (Å²) in [6.07, 6.45) is 0.843. The Morgan fingerprint density at radius 3 is 2.65 bits per heavy atom. The lowest BCUT2D eigenvalue weighted by Gasteiger charge is -2.17. The van der Waals surface area contributed by atoms with Gasteiger partial charge in [0, 0.05) is 25.4 Å². The van der Waals surface area contributed by atoms with E-state index in [-0.39, 0.29) is 17.9 Å². The van der Waals surface area contributed by atoms with Gasteiger partial charge in [-0.05, 0) is 48.7 Å². The molecule has 26 heavy (non-hydrogen) atoms. The van der Waals surface area contributed by atoms with E-state index in [0.717, 1.165) is 23.3 Å². The Bertz CT molecular complexity index is 899. The van der Waals surface area contributed by atoms with E-state index in [1.807, 2.05) is 25.1 Å². The molecule has 1 saturated heterocycles. The van der Waals surface area contributed by atoms with Crippen molar-refractivity contribution in [3.8, 4) is 5.75 Å². The van der Waals surface area contributed by atoms with Crippen LogP contribution in [0, 0.1) is 5.92 Å². The largest absolute Gasteiger partial charge is 0.490 e. The van der Waals surface area contributed by atoms with Crippen molar-refractivity contribution >= 4 is 10.0 Å². The van der Waals surface area contributed by atoms with Crippen molar-refractivity contribution in [3.05, 3.63) is 59.7 Å². The fourth-order valence-corrected chi connectivity index (χ4v) is 5.63. The van der Waals surface area contributed by atoms with Crippen molar-refractivity contribution < 1.29 is 13.2 Å². The number of hydrogen-bond acceptors (Lipinski definition) is 4. The van der Waals surface area contributed by atoms with Gasteiger partial charge in [0.15, 0.2) is 0 Å². The standard InChI is InChI=1S/C20H24N2O3S/c1-14-9-16-10-18(7-8-20(16)25-14)26(23,24)22-12-17(11-21)19(13-22)15-5-3-2-4-6-15/h2-8,10,14,17,19H,9,11-13,21H2,1H3/t14?,17-,19+/m1/s1. The van der Waals surface area contributed by atoms with Gasteiger partial charge in [-0.15, -0.1) is 0 Å². The van der Waals surface area contributed by atoms with Crippen LogP contribution in [0.5, 0.6) is 5.75 Å². The third-order valence-electron chi connectivity index (χ3n) is 5.44. The number of ether oxygens (including phenoxy) is 1. The third kappa shape index (κ3) is 3.02. The van der Waals surface area contributed by atoms with Crippen LogP contribution in [-0.4, -0.2) is 38.5 Å². The molecule has 2 aromatic carbocycles. The average molecular weight is 372 g/mol. The smallest absolute Gasteiger partial charge is 0.243 e. The molecule has 0 radical (unpaired) electrons. The van der Waals surface area contributed by atoms with Gasteiger partial charge in [0.2, 0.25) is 10.0 Å². The molecule has 0 amide bonds. The van der Waals surface area contributed by atoms with Crippen LogP contribution in [0.3, 0.4) is 0 Å². The SMILES string of the molecule is CC1Cc2cc(S(=O)(=O)N3C[C@@H](CN)[C@H](c4ccccc4)C3)ccc2O1. The Morgan fingerprint density at radius 1 is 1.15 bits per heavy atom. The molecule has 3 atom stereocenters. The molecular formula is C20H24N2O3S. The van der Waals surface area contributed by atoms with Gasteiger partial charge in [0.05, 0.1) is 4.90 Å². The minimum absolute atomic E-state index is 0.0961. The van der Waals surface area contributed by atoms with Gasteiger partial charge in [-0.3, -0.25) is 0 Å². The van der Waals surface area contributed by atoms with Crippen molar-refractivity contribution in [2.24, 2.45) is 11.7 Å². The van der Waals surface area contributed by atoms with E-state index in [0.29, 0.717) is 24.5 Å². The highest BCUT2D eigenvalue weighted by Gasteiger charge is 2.39. The van der Waals surface area contributed by atoms with Crippen LogP contribution < -0.4 is 10.5 Å². The fraction of sp³-hybridized carbons (Fsp3) is 0.400. The normalized spacial score (nSPS) is 25.8. The van der Waals surface area contributed by atoms with E-state index < -0.39 is 10.0 Å². The molecule has 2 aliphatic rings. The van der Waals surface area contributed by atoms with E-state index in [1.165, 1.54) is 0 Å². The summed E-state index contributed by atoms with van der Waals surface area (Å²) >= 11 is 0. The molecule has 2 aliphatic heterocycles. The maximum Gasteiger partial charge on any atom is 0.243 e. The van der Waals surface area contributed by atoms with Crippen LogP contribution in [0.2, 0.25) is 0 Å². The first-order valence-corrected chi connectivity index (χ1v) is 10.5. The molecule has 2 aromatic rings. The summed E-state index contributed by atoms with van der Waals surface area (Å²) in [5, 5.41) is 0. The molecule has 0 aliphatic carbocycles. The van der Waals surface area contributed by atoms with Gasteiger partial charge < -0.3 is 10.5 Å². The van der Waals surface area contributed by atoms with Gasteiger partial charge in [0.1, 0.15) is 11.9 Å². The quantitative estimate of drug-likeness (QED) is 0.894. The molecule has 0 saturated carbocycles. The zero-order chi connectivity index (χ0) is 18.3.